The van der Waals surface area contributed by atoms with Crippen LogP contribution in [0, 0.1) is 19.7 Å². The lowest BCUT2D eigenvalue weighted by molar-refractivity contribution is 0.386. The van der Waals surface area contributed by atoms with Gasteiger partial charge in [-0.05, 0) is 32.0 Å². The van der Waals surface area contributed by atoms with E-state index in [1.807, 2.05) is 30.7 Å². The number of anilines is 2. The second-order valence-electron chi connectivity index (χ2n) is 6.87. The predicted molar refractivity (Wildman–Crippen MR) is 106 cm³/mol. The lowest BCUT2D eigenvalue weighted by atomic mass is 10.2. The Kier molecular flexibility index (Phi) is 4.85. The molecule has 3 heterocycles. The molecule has 0 bridgehead atoms. The summed E-state index contributed by atoms with van der Waals surface area (Å²) < 4.78 is 20.8. The molecule has 1 aromatic carbocycles. The van der Waals surface area contributed by atoms with Crippen LogP contribution in [0.5, 0.6) is 5.75 Å². The van der Waals surface area contributed by atoms with Crippen LogP contribution in [0.4, 0.5) is 15.9 Å². The van der Waals surface area contributed by atoms with Crippen LogP contribution in [0.3, 0.4) is 0 Å². The molecule has 1 aliphatic rings. The summed E-state index contributed by atoms with van der Waals surface area (Å²) in [7, 11) is 1.47. The van der Waals surface area contributed by atoms with Crippen molar-refractivity contribution < 1.29 is 9.13 Å². The van der Waals surface area contributed by atoms with Crippen molar-refractivity contribution in [1.29, 1.82) is 0 Å². The molecule has 1 saturated heterocycles. The molecule has 0 atom stereocenters. The van der Waals surface area contributed by atoms with E-state index in [2.05, 4.69) is 19.9 Å². The number of aromatic nitrogens is 4. The summed E-state index contributed by atoms with van der Waals surface area (Å²) >= 11 is 0. The van der Waals surface area contributed by atoms with Crippen molar-refractivity contribution in [1.82, 2.24) is 19.7 Å². The van der Waals surface area contributed by atoms with Gasteiger partial charge in [-0.2, -0.15) is 5.10 Å². The Morgan fingerprint density at radius 1 is 0.964 bits per heavy atom. The largest absolute Gasteiger partial charge is 0.494 e. The van der Waals surface area contributed by atoms with Crippen LogP contribution in [0.25, 0.3) is 5.82 Å². The molecule has 7 nitrogen and oxygen atoms in total. The van der Waals surface area contributed by atoms with Crippen molar-refractivity contribution in [3.8, 4) is 11.6 Å². The molecule has 3 aromatic rings. The van der Waals surface area contributed by atoms with Crippen molar-refractivity contribution in [2.75, 3.05) is 43.1 Å². The van der Waals surface area contributed by atoms with E-state index in [1.165, 1.54) is 13.2 Å². The van der Waals surface area contributed by atoms with Gasteiger partial charge in [-0.1, -0.05) is 0 Å². The van der Waals surface area contributed by atoms with Gasteiger partial charge in [0.05, 0.1) is 25.2 Å². The van der Waals surface area contributed by atoms with Crippen LogP contribution in [0.1, 0.15) is 11.4 Å². The third-order valence-electron chi connectivity index (χ3n) is 4.94. The number of piperazine rings is 1. The number of benzene rings is 1. The van der Waals surface area contributed by atoms with Gasteiger partial charge in [0.25, 0.3) is 0 Å². The SMILES string of the molecule is COc1ccc(N2CCN(c3cncc(-n4nc(C)cc4C)n3)CC2)cc1F. The van der Waals surface area contributed by atoms with Crippen LogP contribution < -0.4 is 14.5 Å². The molecular formula is C20H23FN6O. The van der Waals surface area contributed by atoms with Gasteiger partial charge in [0.2, 0.25) is 0 Å². The van der Waals surface area contributed by atoms with Gasteiger partial charge in [0.1, 0.15) is 5.82 Å². The minimum absolute atomic E-state index is 0.263. The molecule has 4 rings (SSSR count). The average Bonchev–Trinajstić information content (AvgIpc) is 3.06. The fourth-order valence-electron chi connectivity index (χ4n) is 3.51. The normalized spacial score (nSPS) is 14.4. The highest BCUT2D eigenvalue weighted by Gasteiger charge is 2.20. The fourth-order valence-corrected chi connectivity index (χ4v) is 3.51. The maximum atomic E-state index is 14.0. The highest BCUT2D eigenvalue weighted by atomic mass is 19.1. The van der Waals surface area contributed by atoms with Crippen LogP contribution >= 0.6 is 0 Å². The van der Waals surface area contributed by atoms with E-state index in [-0.39, 0.29) is 11.6 Å². The third-order valence-corrected chi connectivity index (χ3v) is 4.94. The summed E-state index contributed by atoms with van der Waals surface area (Å²) in [5.74, 6) is 1.46. The van der Waals surface area contributed by atoms with Crippen molar-refractivity contribution in [2.45, 2.75) is 13.8 Å². The van der Waals surface area contributed by atoms with Gasteiger partial charge >= 0.3 is 0 Å². The first-order chi connectivity index (χ1) is 13.5. The highest BCUT2D eigenvalue weighted by Crippen LogP contribution is 2.25. The maximum Gasteiger partial charge on any atom is 0.174 e. The Morgan fingerprint density at radius 3 is 2.32 bits per heavy atom. The molecule has 0 aliphatic carbocycles. The summed E-state index contributed by atoms with van der Waals surface area (Å²) in [6, 6.07) is 7.10. The molecule has 0 amide bonds. The first-order valence-electron chi connectivity index (χ1n) is 9.24. The van der Waals surface area contributed by atoms with Crippen molar-refractivity contribution in [2.24, 2.45) is 0 Å². The summed E-state index contributed by atoms with van der Waals surface area (Å²) in [5, 5.41) is 4.48. The molecule has 28 heavy (non-hydrogen) atoms. The van der Waals surface area contributed by atoms with Gasteiger partial charge in [-0.25, -0.2) is 14.1 Å². The average molecular weight is 382 g/mol. The zero-order valence-electron chi connectivity index (χ0n) is 16.3. The standard InChI is InChI=1S/C20H23FN6O/c1-14-10-15(2)27(24-14)20-13-22-12-19(23-20)26-8-6-25(7-9-26)16-4-5-18(28-3)17(21)11-16/h4-5,10-13H,6-9H2,1-3H3. The van der Waals surface area contributed by atoms with E-state index >= 15 is 0 Å². The van der Waals surface area contributed by atoms with Crippen LogP contribution in [0.2, 0.25) is 0 Å². The molecule has 0 spiro atoms. The summed E-state index contributed by atoms with van der Waals surface area (Å²) in [4.78, 5) is 13.5. The molecule has 0 radical (unpaired) electrons. The Bertz CT molecular complexity index is 981. The third kappa shape index (κ3) is 3.49. The molecule has 0 unspecified atom stereocenters. The van der Waals surface area contributed by atoms with E-state index in [0.717, 1.165) is 49.1 Å². The number of methoxy groups -OCH3 is 1. The van der Waals surface area contributed by atoms with E-state index < -0.39 is 0 Å². The van der Waals surface area contributed by atoms with Crippen LogP contribution in [-0.4, -0.2) is 53.0 Å². The van der Waals surface area contributed by atoms with E-state index in [9.17, 15) is 4.39 Å². The van der Waals surface area contributed by atoms with Gasteiger partial charge in [-0.15, -0.1) is 0 Å². The number of hydrogen-bond donors (Lipinski definition) is 0. The predicted octanol–water partition coefficient (Wildman–Crippen LogP) is 2.75. The number of rotatable bonds is 4. The molecule has 2 aromatic heterocycles. The lowest BCUT2D eigenvalue weighted by Crippen LogP contribution is -2.47. The Morgan fingerprint density at radius 2 is 1.68 bits per heavy atom. The van der Waals surface area contributed by atoms with Crippen LogP contribution in [-0.2, 0) is 0 Å². The monoisotopic (exact) mass is 382 g/mol. The zero-order chi connectivity index (χ0) is 19.7. The van der Waals surface area contributed by atoms with Gasteiger partial charge in [0.15, 0.2) is 17.4 Å². The second-order valence-corrected chi connectivity index (χ2v) is 6.87. The van der Waals surface area contributed by atoms with E-state index in [4.69, 9.17) is 9.72 Å². The first kappa shape index (κ1) is 18.2. The molecule has 146 valence electrons. The number of halogens is 1. The smallest absolute Gasteiger partial charge is 0.174 e. The first-order valence-corrected chi connectivity index (χ1v) is 9.24. The number of nitrogens with zero attached hydrogens (tertiary/aromatic N) is 6. The summed E-state index contributed by atoms with van der Waals surface area (Å²) in [6.45, 7) is 7.07. The number of ether oxygens (including phenoxy) is 1. The molecule has 0 saturated carbocycles. The van der Waals surface area contributed by atoms with Gasteiger partial charge in [-0.3, -0.25) is 4.98 Å². The Hall–Kier alpha value is -3.16. The molecule has 8 heteroatoms. The Labute approximate surface area is 163 Å². The molecule has 0 N–H and O–H groups in total. The number of aryl methyl sites for hydroxylation is 2. The van der Waals surface area contributed by atoms with E-state index in [1.54, 1.807) is 18.5 Å². The molecule has 1 fully saturated rings. The molecular weight excluding hydrogens is 359 g/mol. The minimum Gasteiger partial charge on any atom is -0.494 e. The van der Waals surface area contributed by atoms with Gasteiger partial charge in [0, 0.05) is 43.6 Å². The number of hydrogen-bond acceptors (Lipinski definition) is 6. The quantitative estimate of drug-likeness (QED) is 0.692. The second kappa shape index (κ2) is 7.46. The maximum absolute atomic E-state index is 14.0. The van der Waals surface area contributed by atoms with E-state index in [0.29, 0.717) is 5.82 Å². The van der Waals surface area contributed by atoms with Crippen molar-refractivity contribution in [3.05, 3.63) is 53.9 Å². The van der Waals surface area contributed by atoms with Crippen molar-refractivity contribution >= 4 is 11.5 Å². The van der Waals surface area contributed by atoms with Crippen molar-refractivity contribution in [3.63, 3.8) is 0 Å². The lowest BCUT2D eigenvalue weighted by Gasteiger charge is -2.36. The zero-order valence-corrected chi connectivity index (χ0v) is 16.3. The van der Waals surface area contributed by atoms with Crippen LogP contribution in [0.15, 0.2) is 36.7 Å². The topological polar surface area (TPSA) is 59.3 Å². The minimum atomic E-state index is -0.342. The summed E-state index contributed by atoms with van der Waals surface area (Å²) in [5.41, 5.74) is 2.83. The molecule has 1 aliphatic heterocycles. The Balaban J connectivity index is 1.47. The summed E-state index contributed by atoms with van der Waals surface area (Å²) in [6.07, 6.45) is 3.50. The fraction of sp³-hybridized carbons (Fsp3) is 0.350. The highest BCUT2D eigenvalue weighted by molar-refractivity contribution is 5.52. The van der Waals surface area contributed by atoms with Gasteiger partial charge < -0.3 is 14.5 Å².